The quantitative estimate of drug-likeness (QED) is 0.888. The Bertz CT molecular complexity index is 594. The number of benzene rings is 2. The lowest BCUT2D eigenvalue weighted by atomic mass is 10.1. The average Bonchev–Trinajstić information content (AvgIpc) is 2.42. The molecule has 2 aromatic carbocycles. The Hall–Kier alpha value is -2.49. The van der Waals surface area contributed by atoms with Gasteiger partial charge in [0.05, 0.1) is 12.7 Å². The Morgan fingerprint density at radius 1 is 1.21 bits per heavy atom. The number of nitrogens with one attached hydrogen (secondary N) is 1. The number of hydrogen-bond donors (Lipinski definition) is 2. The van der Waals surface area contributed by atoms with Crippen molar-refractivity contribution in [2.75, 3.05) is 12.4 Å². The summed E-state index contributed by atoms with van der Waals surface area (Å²) in [7, 11) is 1.45. The van der Waals surface area contributed by atoms with E-state index in [4.69, 9.17) is 4.74 Å². The van der Waals surface area contributed by atoms with Crippen molar-refractivity contribution in [2.45, 2.75) is 6.92 Å². The molecule has 0 aliphatic heterocycles. The van der Waals surface area contributed by atoms with Gasteiger partial charge in [-0.25, -0.2) is 0 Å². The van der Waals surface area contributed by atoms with Gasteiger partial charge >= 0.3 is 0 Å². The van der Waals surface area contributed by atoms with Gasteiger partial charge in [0, 0.05) is 5.69 Å². The lowest BCUT2D eigenvalue weighted by Crippen LogP contribution is -2.12. The van der Waals surface area contributed by atoms with Crippen LogP contribution in [0, 0.1) is 6.92 Å². The Morgan fingerprint density at radius 2 is 1.89 bits per heavy atom. The van der Waals surface area contributed by atoms with Crippen LogP contribution in [0.1, 0.15) is 15.9 Å². The molecular weight excluding hydrogens is 242 g/mol. The summed E-state index contributed by atoms with van der Waals surface area (Å²) in [5.74, 6) is -0.231. The zero-order chi connectivity index (χ0) is 13.8. The number of aryl methyl sites for hydroxylation is 1. The van der Waals surface area contributed by atoms with Gasteiger partial charge in [-0.15, -0.1) is 0 Å². The molecule has 0 aromatic heterocycles. The van der Waals surface area contributed by atoms with Crippen LogP contribution in [-0.2, 0) is 0 Å². The molecule has 1 amide bonds. The minimum absolute atomic E-state index is 0.151. The average molecular weight is 257 g/mol. The number of phenols is 1. The van der Waals surface area contributed by atoms with Gasteiger partial charge in [0.25, 0.3) is 5.91 Å². The first-order valence-electron chi connectivity index (χ1n) is 5.86. The van der Waals surface area contributed by atoms with Gasteiger partial charge in [0.15, 0.2) is 11.5 Å². The van der Waals surface area contributed by atoms with Crippen LogP contribution in [-0.4, -0.2) is 18.1 Å². The maximum Gasteiger partial charge on any atom is 0.259 e. The summed E-state index contributed by atoms with van der Waals surface area (Å²) in [4.78, 5) is 12.1. The fourth-order valence-corrected chi connectivity index (χ4v) is 1.79. The standard InChI is InChI=1S/C15H15NO3/c1-10-8-12(14(17)13(9-10)19-2)15(18)16-11-6-4-3-5-7-11/h3-9,17H,1-2H3,(H,16,18). The summed E-state index contributed by atoms with van der Waals surface area (Å²) in [6.07, 6.45) is 0. The molecule has 0 atom stereocenters. The fourth-order valence-electron chi connectivity index (χ4n) is 1.79. The molecule has 2 rings (SSSR count). The summed E-state index contributed by atoms with van der Waals surface area (Å²) < 4.78 is 5.04. The van der Waals surface area contributed by atoms with Gasteiger partial charge in [-0.1, -0.05) is 18.2 Å². The molecule has 0 saturated carbocycles. The molecule has 0 spiro atoms. The lowest BCUT2D eigenvalue weighted by molar-refractivity contribution is 0.102. The van der Waals surface area contributed by atoms with Gasteiger partial charge in [-0.05, 0) is 36.8 Å². The molecule has 4 nitrogen and oxygen atoms in total. The van der Waals surface area contributed by atoms with Crippen molar-refractivity contribution in [1.29, 1.82) is 0 Å². The fraction of sp³-hybridized carbons (Fsp3) is 0.133. The van der Waals surface area contributed by atoms with Crippen molar-refractivity contribution in [1.82, 2.24) is 0 Å². The van der Waals surface area contributed by atoms with E-state index in [0.717, 1.165) is 5.56 Å². The van der Waals surface area contributed by atoms with E-state index in [9.17, 15) is 9.90 Å². The molecular formula is C15H15NO3. The van der Waals surface area contributed by atoms with Crippen molar-refractivity contribution in [3.63, 3.8) is 0 Å². The number of carbonyl (C=O) groups excluding carboxylic acids is 1. The third-order valence-electron chi connectivity index (χ3n) is 2.72. The second-order valence-corrected chi connectivity index (χ2v) is 4.18. The van der Waals surface area contributed by atoms with Crippen LogP contribution in [0.15, 0.2) is 42.5 Å². The third kappa shape index (κ3) is 2.85. The molecule has 0 fully saturated rings. The first-order valence-corrected chi connectivity index (χ1v) is 5.86. The van der Waals surface area contributed by atoms with Crippen molar-refractivity contribution in [2.24, 2.45) is 0 Å². The van der Waals surface area contributed by atoms with Crippen LogP contribution in [0.3, 0.4) is 0 Å². The number of hydrogen-bond acceptors (Lipinski definition) is 3. The van der Waals surface area contributed by atoms with Gasteiger partial charge < -0.3 is 15.2 Å². The summed E-state index contributed by atoms with van der Waals surface area (Å²) in [6, 6.07) is 12.4. The van der Waals surface area contributed by atoms with E-state index in [1.807, 2.05) is 25.1 Å². The lowest BCUT2D eigenvalue weighted by Gasteiger charge is -2.11. The molecule has 0 aliphatic rings. The Morgan fingerprint density at radius 3 is 2.53 bits per heavy atom. The Balaban J connectivity index is 2.31. The van der Waals surface area contributed by atoms with Crippen molar-refractivity contribution < 1.29 is 14.6 Å². The Labute approximate surface area is 111 Å². The van der Waals surface area contributed by atoms with Crippen LogP contribution < -0.4 is 10.1 Å². The van der Waals surface area contributed by atoms with Crippen LogP contribution in [0.2, 0.25) is 0 Å². The smallest absolute Gasteiger partial charge is 0.259 e. The monoisotopic (exact) mass is 257 g/mol. The normalized spacial score (nSPS) is 10.0. The van der Waals surface area contributed by atoms with E-state index in [2.05, 4.69) is 5.32 Å². The first-order chi connectivity index (χ1) is 9.11. The minimum Gasteiger partial charge on any atom is -0.504 e. The molecule has 0 bridgehead atoms. The zero-order valence-corrected chi connectivity index (χ0v) is 10.8. The number of phenolic OH excluding ortho intramolecular Hbond substituents is 1. The molecule has 0 aliphatic carbocycles. The second kappa shape index (κ2) is 5.44. The molecule has 0 saturated heterocycles. The van der Waals surface area contributed by atoms with Crippen LogP contribution in [0.4, 0.5) is 5.69 Å². The minimum atomic E-state index is -0.370. The number of methoxy groups -OCH3 is 1. The third-order valence-corrected chi connectivity index (χ3v) is 2.72. The van der Waals surface area contributed by atoms with E-state index >= 15 is 0 Å². The predicted molar refractivity (Wildman–Crippen MR) is 73.8 cm³/mol. The highest BCUT2D eigenvalue weighted by Gasteiger charge is 2.16. The van der Waals surface area contributed by atoms with Gasteiger partial charge in [-0.3, -0.25) is 4.79 Å². The van der Waals surface area contributed by atoms with Gasteiger partial charge in [-0.2, -0.15) is 0 Å². The number of amides is 1. The van der Waals surface area contributed by atoms with Crippen molar-refractivity contribution in [3.8, 4) is 11.5 Å². The SMILES string of the molecule is COc1cc(C)cc(C(=O)Nc2ccccc2)c1O. The van der Waals surface area contributed by atoms with Crippen LogP contribution in [0.5, 0.6) is 11.5 Å². The number of aromatic hydroxyl groups is 1. The largest absolute Gasteiger partial charge is 0.504 e. The second-order valence-electron chi connectivity index (χ2n) is 4.18. The summed E-state index contributed by atoms with van der Waals surface area (Å²) >= 11 is 0. The van der Waals surface area contributed by atoms with Gasteiger partial charge in [0.2, 0.25) is 0 Å². The predicted octanol–water partition coefficient (Wildman–Crippen LogP) is 2.96. The van der Waals surface area contributed by atoms with Crippen LogP contribution >= 0.6 is 0 Å². The summed E-state index contributed by atoms with van der Waals surface area (Å²) in [5, 5.41) is 12.7. The van der Waals surface area contributed by atoms with Gasteiger partial charge in [0.1, 0.15) is 0 Å². The number of para-hydroxylation sites is 1. The topological polar surface area (TPSA) is 58.6 Å². The van der Waals surface area contributed by atoms with E-state index < -0.39 is 0 Å². The molecule has 2 N–H and O–H groups in total. The first kappa shape index (κ1) is 13.0. The maximum absolute atomic E-state index is 12.1. The number of rotatable bonds is 3. The highest BCUT2D eigenvalue weighted by atomic mass is 16.5. The molecule has 0 unspecified atom stereocenters. The molecule has 98 valence electrons. The molecule has 2 aromatic rings. The summed E-state index contributed by atoms with van der Waals surface area (Å²) in [5.41, 5.74) is 1.71. The van der Waals surface area contributed by atoms with E-state index in [0.29, 0.717) is 11.4 Å². The van der Waals surface area contributed by atoms with E-state index in [1.54, 1.807) is 24.3 Å². The van der Waals surface area contributed by atoms with Crippen LogP contribution in [0.25, 0.3) is 0 Å². The van der Waals surface area contributed by atoms with E-state index in [-0.39, 0.29) is 17.2 Å². The van der Waals surface area contributed by atoms with Crippen molar-refractivity contribution in [3.05, 3.63) is 53.6 Å². The zero-order valence-electron chi connectivity index (χ0n) is 10.8. The number of anilines is 1. The highest BCUT2D eigenvalue weighted by Crippen LogP contribution is 2.31. The molecule has 0 heterocycles. The molecule has 0 radical (unpaired) electrons. The maximum atomic E-state index is 12.1. The van der Waals surface area contributed by atoms with Crippen molar-refractivity contribution >= 4 is 11.6 Å². The number of carbonyl (C=O) groups is 1. The summed E-state index contributed by atoms with van der Waals surface area (Å²) in [6.45, 7) is 1.83. The number of ether oxygens (including phenoxy) is 1. The van der Waals surface area contributed by atoms with E-state index in [1.165, 1.54) is 7.11 Å². The highest BCUT2D eigenvalue weighted by molar-refractivity contribution is 6.06. The molecule has 4 heteroatoms. The molecule has 19 heavy (non-hydrogen) atoms. The Kier molecular flexibility index (Phi) is 3.71.